The Balaban J connectivity index is 0.00000208. The maximum absolute atomic E-state index is 13.3. The van der Waals surface area contributed by atoms with Crippen molar-refractivity contribution in [3.05, 3.63) is 18.5 Å². The molecule has 2 aliphatic rings. The number of piperidine rings is 1. The van der Waals surface area contributed by atoms with Crippen molar-refractivity contribution in [2.24, 2.45) is 0 Å². The van der Waals surface area contributed by atoms with Crippen LogP contribution >= 0.6 is 12.4 Å². The molecule has 0 aromatic carbocycles. The lowest BCUT2D eigenvalue weighted by Crippen LogP contribution is -2.61. The van der Waals surface area contributed by atoms with Crippen molar-refractivity contribution in [3.8, 4) is 0 Å². The van der Waals surface area contributed by atoms with Crippen LogP contribution in [0.2, 0.25) is 0 Å². The van der Waals surface area contributed by atoms with Crippen LogP contribution in [0.3, 0.4) is 0 Å². The monoisotopic (exact) mass is 376 g/mol. The van der Waals surface area contributed by atoms with Crippen LogP contribution in [0.1, 0.15) is 26.7 Å². The molecule has 3 rings (SSSR count). The van der Waals surface area contributed by atoms with E-state index in [9.17, 15) is 13.2 Å². The number of nitrogens with one attached hydrogen (secondary N) is 1. The fourth-order valence-electron chi connectivity index (χ4n) is 3.51. The number of nitrogens with zero attached hydrogens (tertiary/aromatic N) is 3. The average molecular weight is 377 g/mol. The van der Waals surface area contributed by atoms with E-state index in [0.717, 1.165) is 13.1 Å². The molecular formula is C15H25ClN4O3S. The fraction of sp³-hybridized carbons (Fsp3) is 0.733. The zero-order valence-corrected chi connectivity index (χ0v) is 15.7. The predicted molar refractivity (Wildman–Crippen MR) is 94.0 cm³/mol. The number of hydrogen-bond donors (Lipinski definition) is 1. The molecule has 9 heteroatoms. The molecule has 1 N–H and O–H groups in total. The van der Waals surface area contributed by atoms with Gasteiger partial charge in [0.25, 0.3) is 5.91 Å². The van der Waals surface area contributed by atoms with E-state index in [1.165, 1.54) is 0 Å². The molecule has 24 heavy (non-hydrogen) atoms. The Bertz CT molecular complexity index is 682. The summed E-state index contributed by atoms with van der Waals surface area (Å²) >= 11 is 0. The number of amides is 1. The molecule has 0 saturated carbocycles. The van der Waals surface area contributed by atoms with Gasteiger partial charge in [-0.2, -0.15) is 5.10 Å². The normalized spacial score (nSPS) is 24.8. The van der Waals surface area contributed by atoms with Crippen molar-refractivity contribution in [3.63, 3.8) is 0 Å². The number of rotatable bonds is 2. The standard InChI is InChI=1S/C15H24N4O3S.ClH/c1-14(2)12-18(10-11-23(14,21)22)13(20)15(4-7-16-8-5-15)19-9-3-6-17-19;/h3,6,9,16H,4-5,7-8,10-12H2,1-2H3;1H. The van der Waals surface area contributed by atoms with Crippen molar-refractivity contribution in [2.75, 3.05) is 31.9 Å². The summed E-state index contributed by atoms with van der Waals surface area (Å²) in [5.41, 5.74) is -0.702. The number of hydrogen-bond acceptors (Lipinski definition) is 5. The first kappa shape index (κ1) is 19.2. The number of aromatic nitrogens is 2. The van der Waals surface area contributed by atoms with Crippen molar-refractivity contribution in [1.29, 1.82) is 0 Å². The highest BCUT2D eigenvalue weighted by Gasteiger charge is 2.49. The number of sulfone groups is 1. The van der Waals surface area contributed by atoms with Gasteiger partial charge >= 0.3 is 0 Å². The van der Waals surface area contributed by atoms with Gasteiger partial charge in [0.15, 0.2) is 9.84 Å². The highest BCUT2D eigenvalue weighted by Crippen LogP contribution is 2.32. The van der Waals surface area contributed by atoms with Gasteiger partial charge in [-0.05, 0) is 45.8 Å². The van der Waals surface area contributed by atoms with Gasteiger partial charge in [-0.1, -0.05) is 0 Å². The van der Waals surface area contributed by atoms with Crippen molar-refractivity contribution >= 4 is 28.2 Å². The van der Waals surface area contributed by atoms with Crippen molar-refractivity contribution in [1.82, 2.24) is 20.0 Å². The summed E-state index contributed by atoms with van der Waals surface area (Å²) < 4.78 is 25.2. The molecule has 0 radical (unpaired) electrons. The van der Waals surface area contributed by atoms with E-state index in [1.807, 2.05) is 12.3 Å². The van der Waals surface area contributed by atoms with E-state index in [1.54, 1.807) is 29.6 Å². The molecular weight excluding hydrogens is 352 g/mol. The van der Waals surface area contributed by atoms with Crippen LogP contribution < -0.4 is 5.32 Å². The maximum atomic E-state index is 13.3. The molecule has 7 nitrogen and oxygen atoms in total. The summed E-state index contributed by atoms with van der Waals surface area (Å²) in [6.07, 6.45) is 4.84. The third kappa shape index (κ3) is 3.07. The van der Waals surface area contributed by atoms with Gasteiger partial charge in [0.2, 0.25) is 0 Å². The Morgan fingerprint density at radius 1 is 1.25 bits per heavy atom. The quantitative estimate of drug-likeness (QED) is 0.808. The SMILES string of the molecule is CC1(C)CN(C(=O)C2(n3cccn3)CCNCC2)CCS1(=O)=O.Cl. The van der Waals surface area contributed by atoms with E-state index < -0.39 is 20.1 Å². The van der Waals surface area contributed by atoms with E-state index >= 15 is 0 Å². The third-order valence-corrected chi connectivity index (χ3v) is 7.64. The zero-order valence-electron chi connectivity index (χ0n) is 14.1. The van der Waals surface area contributed by atoms with E-state index in [2.05, 4.69) is 10.4 Å². The van der Waals surface area contributed by atoms with Crippen LogP contribution in [0.25, 0.3) is 0 Å². The third-order valence-electron chi connectivity index (χ3n) is 5.10. The van der Waals surface area contributed by atoms with Gasteiger partial charge in [-0.15, -0.1) is 12.4 Å². The molecule has 0 spiro atoms. The van der Waals surface area contributed by atoms with Gasteiger partial charge in [0.05, 0.1) is 10.5 Å². The minimum Gasteiger partial charge on any atom is -0.338 e. The van der Waals surface area contributed by atoms with Gasteiger partial charge in [0, 0.05) is 25.5 Å². The minimum absolute atomic E-state index is 0. The molecule has 0 unspecified atom stereocenters. The molecule has 1 amide bonds. The first-order valence-corrected chi connectivity index (χ1v) is 9.66. The Hall–Kier alpha value is -1.12. The molecule has 0 aliphatic carbocycles. The summed E-state index contributed by atoms with van der Waals surface area (Å²) in [5, 5.41) is 7.60. The maximum Gasteiger partial charge on any atom is 0.250 e. The Kier molecular flexibility index (Phi) is 5.32. The fourth-order valence-corrected chi connectivity index (χ4v) is 4.88. The van der Waals surface area contributed by atoms with E-state index in [0.29, 0.717) is 12.8 Å². The second-order valence-electron chi connectivity index (χ2n) is 7.04. The largest absolute Gasteiger partial charge is 0.338 e. The molecule has 2 aliphatic heterocycles. The van der Waals surface area contributed by atoms with Gasteiger partial charge < -0.3 is 10.2 Å². The van der Waals surface area contributed by atoms with Crippen molar-refractivity contribution in [2.45, 2.75) is 37.0 Å². The van der Waals surface area contributed by atoms with E-state index in [4.69, 9.17) is 0 Å². The van der Waals surface area contributed by atoms with Crippen LogP contribution in [-0.2, 0) is 20.2 Å². The lowest BCUT2D eigenvalue weighted by Gasteiger charge is -2.44. The average Bonchev–Trinajstić information content (AvgIpc) is 3.05. The van der Waals surface area contributed by atoms with E-state index in [-0.39, 0.29) is 37.2 Å². The number of carbonyl (C=O) groups is 1. The summed E-state index contributed by atoms with van der Waals surface area (Å²) in [6, 6.07) is 1.82. The Morgan fingerprint density at radius 2 is 1.92 bits per heavy atom. The van der Waals surface area contributed by atoms with Crippen LogP contribution in [0.15, 0.2) is 18.5 Å². The van der Waals surface area contributed by atoms with Gasteiger partial charge in [-0.3, -0.25) is 9.48 Å². The zero-order chi connectivity index (χ0) is 16.7. The second-order valence-corrected chi connectivity index (χ2v) is 9.78. The molecule has 2 fully saturated rings. The highest BCUT2D eigenvalue weighted by molar-refractivity contribution is 7.92. The molecule has 0 bridgehead atoms. The Labute approximate surface area is 149 Å². The summed E-state index contributed by atoms with van der Waals surface area (Å²) in [4.78, 5) is 15.0. The van der Waals surface area contributed by atoms with Crippen LogP contribution in [-0.4, -0.2) is 65.7 Å². The first-order valence-electron chi connectivity index (χ1n) is 8.01. The first-order chi connectivity index (χ1) is 10.8. The van der Waals surface area contributed by atoms with Crippen LogP contribution in [0.4, 0.5) is 0 Å². The molecule has 136 valence electrons. The number of carbonyl (C=O) groups excluding carboxylic acids is 1. The molecule has 1 aromatic rings. The van der Waals surface area contributed by atoms with Crippen LogP contribution in [0, 0.1) is 0 Å². The lowest BCUT2D eigenvalue weighted by atomic mass is 9.86. The molecule has 2 saturated heterocycles. The topological polar surface area (TPSA) is 84.3 Å². The number of halogens is 1. The minimum atomic E-state index is -3.16. The molecule has 1 aromatic heterocycles. The summed E-state index contributed by atoms with van der Waals surface area (Å²) in [5.74, 6) is 0.0183. The van der Waals surface area contributed by atoms with Gasteiger partial charge in [0.1, 0.15) is 5.54 Å². The molecule has 3 heterocycles. The second kappa shape index (κ2) is 6.65. The van der Waals surface area contributed by atoms with Gasteiger partial charge in [-0.25, -0.2) is 8.42 Å². The lowest BCUT2D eigenvalue weighted by molar-refractivity contribution is -0.143. The summed E-state index contributed by atoms with van der Waals surface area (Å²) in [6.45, 7) is 5.41. The molecule has 0 atom stereocenters. The summed E-state index contributed by atoms with van der Waals surface area (Å²) in [7, 11) is -3.16. The van der Waals surface area contributed by atoms with Crippen molar-refractivity contribution < 1.29 is 13.2 Å². The highest BCUT2D eigenvalue weighted by atomic mass is 35.5. The van der Waals surface area contributed by atoms with Crippen LogP contribution in [0.5, 0.6) is 0 Å². The smallest absolute Gasteiger partial charge is 0.250 e. The Morgan fingerprint density at radius 3 is 2.46 bits per heavy atom. The predicted octanol–water partition coefficient (Wildman–Crippen LogP) is 0.419.